The summed E-state index contributed by atoms with van der Waals surface area (Å²) in [6.07, 6.45) is 6.30. The Labute approximate surface area is 140 Å². The molecule has 0 N–H and O–H groups in total. The van der Waals surface area contributed by atoms with Gasteiger partial charge in [0.1, 0.15) is 11.1 Å². The van der Waals surface area contributed by atoms with Gasteiger partial charge in [0.2, 0.25) is 0 Å². The zero-order valence-electron chi connectivity index (χ0n) is 13.3. The number of thiazole rings is 1. The van der Waals surface area contributed by atoms with Gasteiger partial charge < -0.3 is 4.74 Å². The lowest BCUT2D eigenvalue weighted by Gasteiger charge is -2.38. The molecule has 4 rings (SSSR count). The van der Waals surface area contributed by atoms with Crippen molar-refractivity contribution in [3.63, 3.8) is 0 Å². The van der Waals surface area contributed by atoms with E-state index in [2.05, 4.69) is 9.88 Å². The molecular formula is C16H23N3O3S. The van der Waals surface area contributed by atoms with Crippen molar-refractivity contribution in [2.75, 3.05) is 26.2 Å². The van der Waals surface area contributed by atoms with E-state index in [9.17, 15) is 4.79 Å². The fraction of sp³-hybridized carbons (Fsp3) is 0.750. The number of amides is 1. The van der Waals surface area contributed by atoms with E-state index >= 15 is 0 Å². The van der Waals surface area contributed by atoms with Gasteiger partial charge in [0.25, 0.3) is 5.91 Å². The smallest absolute Gasteiger partial charge is 0.275 e. The minimum absolute atomic E-state index is 0.0181. The fourth-order valence-electron chi connectivity index (χ4n) is 3.78. The van der Waals surface area contributed by atoms with Gasteiger partial charge in [0, 0.05) is 24.7 Å². The number of aromatic nitrogens is 1. The Balaban J connectivity index is 1.30. The van der Waals surface area contributed by atoms with Gasteiger partial charge in [-0.15, -0.1) is 11.3 Å². The molecule has 4 heterocycles. The van der Waals surface area contributed by atoms with Crippen LogP contribution in [0.1, 0.15) is 37.1 Å². The van der Waals surface area contributed by atoms with Crippen LogP contribution in [0.4, 0.5) is 0 Å². The monoisotopic (exact) mass is 337 g/mol. The van der Waals surface area contributed by atoms with Gasteiger partial charge in [0.05, 0.1) is 25.3 Å². The summed E-state index contributed by atoms with van der Waals surface area (Å²) in [6, 6.07) is 0. The van der Waals surface area contributed by atoms with E-state index in [1.165, 1.54) is 10.1 Å². The van der Waals surface area contributed by atoms with E-state index in [0.717, 1.165) is 51.7 Å². The molecule has 126 valence electrons. The Hall–Kier alpha value is -1.02. The number of piperidine rings is 1. The first-order valence-corrected chi connectivity index (χ1v) is 9.35. The Morgan fingerprint density at radius 3 is 2.91 bits per heavy atom. The van der Waals surface area contributed by atoms with Crippen LogP contribution in [0.15, 0.2) is 11.6 Å². The number of hydroxylamine groups is 2. The highest BCUT2D eigenvalue weighted by Crippen LogP contribution is 2.39. The van der Waals surface area contributed by atoms with Crippen molar-refractivity contribution in [2.45, 2.75) is 50.4 Å². The van der Waals surface area contributed by atoms with E-state index in [1.54, 1.807) is 11.3 Å². The topological polar surface area (TPSA) is 54.9 Å². The lowest BCUT2D eigenvalue weighted by Crippen LogP contribution is -2.45. The molecule has 0 unspecified atom stereocenters. The van der Waals surface area contributed by atoms with Gasteiger partial charge in [-0.1, -0.05) is 0 Å². The van der Waals surface area contributed by atoms with Crippen molar-refractivity contribution >= 4 is 17.2 Å². The van der Waals surface area contributed by atoms with E-state index in [0.29, 0.717) is 13.2 Å². The molecule has 7 heteroatoms. The first-order chi connectivity index (χ1) is 11.2. The third-order valence-corrected chi connectivity index (χ3v) is 5.90. The molecule has 3 aliphatic rings. The quantitative estimate of drug-likeness (QED) is 0.842. The van der Waals surface area contributed by atoms with Crippen molar-refractivity contribution in [1.29, 1.82) is 0 Å². The molecule has 1 aromatic heterocycles. The third-order valence-electron chi connectivity index (χ3n) is 5.14. The van der Waals surface area contributed by atoms with Crippen LogP contribution in [0, 0.1) is 0 Å². The molecule has 1 atom stereocenters. The van der Waals surface area contributed by atoms with E-state index < -0.39 is 0 Å². The minimum atomic E-state index is -0.307. The molecule has 0 radical (unpaired) electrons. The maximum atomic E-state index is 12.4. The van der Waals surface area contributed by atoms with Crippen LogP contribution in [-0.2, 0) is 20.9 Å². The third kappa shape index (κ3) is 3.28. The molecule has 6 nitrogen and oxygen atoms in total. The van der Waals surface area contributed by atoms with Crippen LogP contribution >= 0.6 is 11.3 Å². The van der Waals surface area contributed by atoms with Gasteiger partial charge >= 0.3 is 0 Å². The fourth-order valence-corrected chi connectivity index (χ4v) is 4.44. The number of carbonyl (C=O) groups excluding carboxylic acids is 1. The number of carbonyl (C=O) groups is 1. The number of rotatable bonds is 3. The standard InChI is InChI=1S/C16H23N3O3S/c20-15(19-7-1-10-21-19)13-2-3-16(22-13)4-8-18(9-5-16)12-14-17-6-11-23-14/h6,11,13H,1-5,7-10,12H2/t13-/m0/s1. The second-order valence-corrected chi connectivity index (χ2v) is 7.64. The minimum Gasteiger partial charge on any atom is -0.362 e. The van der Waals surface area contributed by atoms with E-state index in [-0.39, 0.29) is 17.6 Å². The highest BCUT2D eigenvalue weighted by molar-refractivity contribution is 7.09. The van der Waals surface area contributed by atoms with Gasteiger partial charge in [-0.05, 0) is 32.1 Å². The van der Waals surface area contributed by atoms with Crippen LogP contribution < -0.4 is 0 Å². The van der Waals surface area contributed by atoms with Gasteiger partial charge in [-0.25, -0.2) is 10.0 Å². The van der Waals surface area contributed by atoms with Crippen LogP contribution in [-0.4, -0.2) is 58.8 Å². The van der Waals surface area contributed by atoms with Crippen molar-refractivity contribution < 1.29 is 14.4 Å². The molecule has 1 aromatic rings. The molecule has 3 fully saturated rings. The van der Waals surface area contributed by atoms with Crippen LogP contribution in [0.25, 0.3) is 0 Å². The molecule has 1 amide bonds. The number of hydrogen-bond acceptors (Lipinski definition) is 6. The molecule has 1 spiro atoms. The van der Waals surface area contributed by atoms with Gasteiger partial charge in [-0.2, -0.15) is 0 Å². The Morgan fingerprint density at radius 2 is 2.22 bits per heavy atom. The Bertz CT molecular complexity index is 537. The summed E-state index contributed by atoms with van der Waals surface area (Å²) >= 11 is 1.71. The molecule has 0 bridgehead atoms. The lowest BCUT2D eigenvalue weighted by molar-refractivity contribution is -0.185. The molecule has 0 aromatic carbocycles. The number of ether oxygens (including phenoxy) is 1. The first kappa shape index (κ1) is 15.5. The summed E-state index contributed by atoms with van der Waals surface area (Å²) in [6.45, 7) is 4.31. The second kappa shape index (κ2) is 6.47. The molecular weight excluding hydrogens is 314 g/mol. The zero-order valence-corrected chi connectivity index (χ0v) is 14.1. The van der Waals surface area contributed by atoms with Crippen molar-refractivity contribution in [3.05, 3.63) is 16.6 Å². The van der Waals surface area contributed by atoms with Gasteiger partial charge in [0.15, 0.2) is 0 Å². The summed E-state index contributed by atoms with van der Waals surface area (Å²) in [5.41, 5.74) is -0.0978. The lowest BCUT2D eigenvalue weighted by atomic mass is 9.88. The Kier molecular flexibility index (Phi) is 4.36. The molecule has 3 saturated heterocycles. The summed E-state index contributed by atoms with van der Waals surface area (Å²) < 4.78 is 6.24. The molecule has 0 aliphatic carbocycles. The number of nitrogens with zero attached hydrogens (tertiary/aromatic N) is 3. The summed E-state index contributed by atoms with van der Waals surface area (Å²) in [5, 5.41) is 4.70. The van der Waals surface area contributed by atoms with Crippen molar-refractivity contribution in [1.82, 2.24) is 14.9 Å². The van der Waals surface area contributed by atoms with Crippen LogP contribution in [0.3, 0.4) is 0 Å². The molecule has 0 saturated carbocycles. The highest BCUT2D eigenvalue weighted by atomic mass is 32.1. The zero-order chi connectivity index (χ0) is 15.7. The van der Waals surface area contributed by atoms with Gasteiger partial charge in [-0.3, -0.25) is 14.5 Å². The highest BCUT2D eigenvalue weighted by Gasteiger charge is 2.46. The predicted molar refractivity (Wildman–Crippen MR) is 85.7 cm³/mol. The summed E-state index contributed by atoms with van der Waals surface area (Å²) in [7, 11) is 0. The normalized spacial score (nSPS) is 27.8. The predicted octanol–water partition coefficient (Wildman–Crippen LogP) is 1.82. The maximum Gasteiger partial charge on any atom is 0.275 e. The van der Waals surface area contributed by atoms with Crippen LogP contribution in [0.5, 0.6) is 0 Å². The SMILES string of the molecule is O=C([C@@H]1CCC2(CCN(Cc3nccs3)CC2)O1)N1CCCO1. The average Bonchev–Trinajstić information content (AvgIpc) is 3.31. The second-order valence-electron chi connectivity index (χ2n) is 6.66. The first-order valence-electron chi connectivity index (χ1n) is 8.47. The van der Waals surface area contributed by atoms with E-state index in [1.807, 2.05) is 11.6 Å². The largest absolute Gasteiger partial charge is 0.362 e. The molecule has 3 aliphatic heterocycles. The summed E-state index contributed by atoms with van der Waals surface area (Å²) in [5.74, 6) is 0.0181. The Morgan fingerprint density at radius 1 is 1.35 bits per heavy atom. The summed E-state index contributed by atoms with van der Waals surface area (Å²) in [4.78, 5) is 24.6. The van der Waals surface area contributed by atoms with Crippen molar-refractivity contribution in [2.24, 2.45) is 0 Å². The number of likely N-dealkylation sites (tertiary alicyclic amines) is 1. The molecule has 23 heavy (non-hydrogen) atoms. The number of hydrogen-bond donors (Lipinski definition) is 0. The average molecular weight is 337 g/mol. The van der Waals surface area contributed by atoms with Crippen molar-refractivity contribution in [3.8, 4) is 0 Å². The van der Waals surface area contributed by atoms with E-state index in [4.69, 9.17) is 9.57 Å². The van der Waals surface area contributed by atoms with Crippen LogP contribution in [0.2, 0.25) is 0 Å². The maximum absolute atomic E-state index is 12.4.